The van der Waals surface area contributed by atoms with E-state index in [0.29, 0.717) is 24.5 Å². The summed E-state index contributed by atoms with van der Waals surface area (Å²) in [5, 5.41) is 4.97. The Morgan fingerprint density at radius 3 is 2.95 bits per heavy atom. The molecule has 0 bridgehead atoms. The molecule has 0 saturated heterocycles. The van der Waals surface area contributed by atoms with Gasteiger partial charge in [0.05, 0.1) is 6.54 Å². The van der Waals surface area contributed by atoms with Crippen molar-refractivity contribution in [2.45, 2.75) is 13.5 Å². The molecule has 100 valence electrons. The fourth-order valence-electron chi connectivity index (χ4n) is 1.80. The maximum atomic E-state index is 12.4. The van der Waals surface area contributed by atoms with Crippen molar-refractivity contribution in [3.8, 4) is 0 Å². The van der Waals surface area contributed by atoms with E-state index in [4.69, 9.17) is 0 Å². The minimum Gasteiger partial charge on any atom is -0.373 e. The van der Waals surface area contributed by atoms with Crippen LogP contribution in [0.15, 0.2) is 35.8 Å². The van der Waals surface area contributed by atoms with Crippen LogP contribution in [0, 0.1) is 0 Å². The number of carbonyl (C=O) groups excluding carboxylic acids is 1. The zero-order valence-electron chi connectivity index (χ0n) is 11.1. The predicted octanol–water partition coefficient (Wildman–Crippen LogP) is 2.85. The molecule has 4 nitrogen and oxygen atoms in total. The molecule has 0 aliphatic rings. The zero-order valence-corrected chi connectivity index (χ0v) is 11.9. The van der Waals surface area contributed by atoms with Crippen LogP contribution in [-0.4, -0.2) is 29.4 Å². The van der Waals surface area contributed by atoms with Crippen LogP contribution in [0.4, 0.5) is 5.82 Å². The average molecular weight is 275 g/mol. The molecule has 19 heavy (non-hydrogen) atoms. The van der Waals surface area contributed by atoms with Gasteiger partial charge in [-0.1, -0.05) is 6.07 Å². The average Bonchev–Trinajstić information content (AvgIpc) is 2.97. The highest BCUT2D eigenvalue weighted by Gasteiger charge is 2.15. The molecular weight excluding hydrogens is 258 g/mol. The number of pyridine rings is 1. The molecule has 0 aliphatic carbocycles. The Hall–Kier alpha value is -1.88. The number of nitrogens with one attached hydrogen (secondary N) is 1. The molecule has 5 heteroatoms. The number of nitrogens with zero attached hydrogens (tertiary/aromatic N) is 2. The Bertz CT molecular complexity index is 539. The molecule has 1 N–H and O–H groups in total. The number of rotatable bonds is 5. The number of thiophene rings is 1. The lowest BCUT2D eigenvalue weighted by atomic mass is 10.2. The first-order chi connectivity index (χ1) is 9.24. The van der Waals surface area contributed by atoms with Gasteiger partial charge in [-0.15, -0.1) is 11.3 Å². The van der Waals surface area contributed by atoms with Gasteiger partial charge in [0.15, 0.2) is 0 Å². The van der Waals surface area contributed by atoms with Crippen molar-refractivity contribution in [3.05, 3.63) is 46.3 Å². The van der Waals surface area contributed by atoms with Crippen LogP contribution in [0.2, 0.25) is 0 Å². The number of aromatic nitrogens is 1. The summed E-state index contributed by atoms with van der Waals surface area (Å²) in [6.07, 6.45) is 1.65. The zero-order chi connectivity index (χ0) is 13.7. The van der Waals surface area contributed by atoms with Gasteiger partial charge >= 0.3 is 0 Å². The first kappa shape index (κ1) is 13.5. The molecule has 0 spiro atoms. The number of hydrogen-bond acceptors (Lipinski definition) is 4. The van der Waals surface area contributed by atoms with E-state index in [9.17, 15) is 4.79 Å². The van der Waals surface area contributed by atoms with Gasteiger partial charge in [-0.3, -0.25) is 4.79 Å². The molecule has 0 unspecified atom stereocenters. The number of carbonyl (C=O) groups is 1. The second kappa shape index (κ2) is 6.33. The van der Waals surface area contributed by atoms with Crippen LogP contribution in [-0.2, 0) is 6.54 Å². The van der Waals surface area contributed by atoms with Crippen molar-refractivity contribution in [2.75, 3.05) is 18.9 Å². The Balaban J connectivity index is 2.15. The topological polar surface area (TPSA) is 45.2 Å². The van der Waals surface area contributed by atoms with Gasteiger partial charge in [0.25, 0.3) is 5.91 Å². The Morgan fingerprint density at radius 2 is 2.32 bits per heavy atom. The monoisotopic (exact) mass is 275 g/mol. The van der Waals surface area contributed by atoms with Crippen molar-refractivity contribution in [1.82, 2.24) is 9.88 Å². The highest BCUT2D eigenvalue weighted by atomic mass is 32.1. The number of amides is 1. The van der Waals surface area contributed by atoms with Crippen LogP contribution in [0.25, 0.3) is 0 Å². The van der Waals surface area contributed by atoms with Crippen LogP contribution < -0.4 is 5.32 Å². The molecule has 2 aromatic heterocycles. The lowest BCUT2D eigenvalue weighted by molar-refractivity contribution is 0.0754. The summed E-state index contributed by atoms with van der Waals surface area (Å²) in [5.74, 6) is 0.743. The van der Waals surface area contributed by atoms with Gasteiger partial charge in [-0.2, -0.15) is 0 Å². The molecule has 0 aliphatic heterocycles. The van der Waals surface area contributed by atoms with Crippen LogP contribution >= 0.6 is 11.3 Å². The largest absolute Gasteiger partial charge is 0.373 e. The molecule has 0 radical (unpaired) electrons. The van der Waals surface area contributed by atoms with E-state index in [2.05, 4.69) is 10.3 Å². The van der Waals surface area contributed by atoms with Gasteiger partial charge < -0.3 is 10.2 Å². The molecule has 0 fully saturated rings. The molecule has 0 aromatic carbocycles. The predicted molar refractivity (Wildman–Crippen MR) is 78.5 cm³/mol. The van der Waals surface area contributed by atoms with E-state index in [0.717, 1.165) is 0 Å². The van der Waals surface area contributed by atoms with Crippen molar-refractivity contribution in [3.63, 3.8) is 0 Å². The molecule has 0 atom stereocenters. The second-order valence-electron chi connectivity index (χ2n) is 4.08. The maximum absolute atomic E-state index is 12.4. The van der Waals surface area contributed by atoms with Gasteiger partial charge in [0.2, 0.25) is 0 Å². The van der Waals surface area contributed by atoms with E-state index in [1.165, 1.54) is 4.88 Å². The number of anilines is 1. The van der Waals surface area contributed by atoms with Crippen LogP contribution in [0.3, 0.4) is 0 Å². The molecular formula is C14H17N3OS. The third-order valence-corrected chi connectivity index (χ3v) is 3.72. The summed E-state index contributed by atoms with van der Waals surface area (Å²) in [7, 11) is 1.79. The Labute approximate surface area is 117 Å². The Kier molecular flexibility index (Phi) is 4.52. The smallest absolute Gasteiger partial charge is 0.254 e. The van der Waals surface area contributed by atoms with Gasteiger partial charge in [-0.25, -0.2) is 4.98 Å². The summed E-state index contributed by atoms with van der Waals surface area (Å²) in [6, 6.07) is 7.58. The SMILES string of the molecule is CCN(Cc1cccs1)C(=O)c1ccnc(NC)c1. The highest BCUT2D eigenvalue weighted by Crippen LogP contribution is 2.15. The minimum absolute atomic E-state index is 0.0369. The molecule has 1 amide bonds. The quantitative estimate of drug-likeness (QED) is 0.912. The maximum Gasteiger partial charge on any atom is 0.254 e. The van der Waals surface area contributed by atoms with Gasteiger partial charge in [-0.05, 0) is 30.5 Å². The molecule has 2 heterocycles. The van der Waals surface area contributed by atoms with Gasteiger partial charge in [0, 0.05) is 30.2 Å². The Morgan fingerprint density at radius 1 is 1.47 bits per heavy atom. The third-order valence-electron chi connectivity index (χ3n) is 2.86. The van der Waals surface area contributed by atoms with E-state index in [1.54, 1.807) is 36.7 Å². The summed E-state index contributed by atoms with van der Waals surface area (Å²) in [4.78, 5) is 19.6. The van der Waals surface area contributed by atoms with Crippen molar-refractivity contribution >= 4 is 23.1 Å². The van der Waals surface area contributed by atoms with Crippen LogP contribution in [0.5, 0.6) is 0 Å². The van der Waals surface area contributed by atoms with E-state index >= 15 is 0 Å². The van der Waals surface area contributed by atoms with Crippen LogP contribution in [0.1, 0.15) is 22.2 Å². The van der Waals surface area contributed by atoms with Crippen molar-refractivity contribution < 1.29 is 4.79 Å². The van der Waals surface area contributed by atoms with Gasteiger partial charge in [0.1, 0.15) is 5.82 Å². The summed E-state index contributed by atoms with van der Waals surface area (Å²) >= 11 is 1.67. The minimum atomic E-state index is 0.0369. The van der Waals surface area contributed by atoms with E-state index in [1.807, 2.05) is 29.3 Å². The summed E-state index contributed by atoms with van der Waals surface area (Å²) < 4.78 is 0. The molecule has 2 rings (SSSR count). The third kappa shape index (κ3) is 3.32. The van der Waals surface area contributed by atoms with Crippen molar-refractivity contribution in [1.29, 1.82) is 0 Å². The highest BCUT2D eigenvalue weighted by molar-refractivity contribution is 7.09. The number of hydrogen-bond donors (Lipinski definition) is 1. The fraction of sp³-hybridized carbons (Fsp3) is 0.286. The first-order valence-electron chi connectivity index (χ1n) is 6.20. The van der Waals surface area contributed by atoms with E-state index < -0.39 is 0 Å². The summed E-state index contributed by atoms with van der Waals surface area (Å²) in [6.45, 7) is 3.34. The van der Waals surface area contributed by atoms with E-state index in [-0.39, 0.29) is 5.91 Å². The lowest BCUT2D eigenvalue weighted by Crippen LogP contribution is -2.30. The summed E-state index contributed by atoms with van der Waals surface area (Å²) in [5.41, 5.74) is 0.665. The second-order valence-corrected chi connectivity index (χ2v) is 5.11. The normalized spacial score (nSPS) is 10.2. The van der Waals surface area contributed by atoms with Crippen molar-refractivity contribution in [2.24, 2.45) is 0 Å². The first-order valence-corrected chi connectivity index (χ1v) is 7.08. The fourth-order valence-corrected chi connectivity index (χ4v) is 2.52. The molecule has 0 saturated carbocycles. The molecule has 2 aromatic rings. The standard InChI is InChI=1S/C14H17N3OS/c1-3-17(10-12-5-4-8-19-12)14(18)11-6-7-16-13(9-11)15-2/h4-9H,3,10H2,1-2H3,(H,15,16). The lowest BCUT2D eigenvalue weighted by Gasteiger charge is -2.20.